The predicted molar refractivity (Wildman–Crippen MR) is 80.2 cm³/mol. The third-order valence-electron chi connectivity index (χ3n) is 2.95. The summed E-state index contributed by atoms with van der Waals surface area (Å²) in [4.78, 5) is 14.7. The van der Waals surface area contributed by atoms with Gasteiger partial charge < -0.3 is 14.9 Å². The molecule has 0 saturated carbocycles. The minimum absolute atomic E-state index is 0.0566. The molecule has 1 aromatic rings. The van der Waals surface area contributed by atoms with Gasteiger partial charge in [-0.25, -0.2) is 0 Å². The van der Waals surface area contributed by atoms with E-state index >= 15 is 0 Å². The van der Waals surface area contributed by atoms with E-state index in [4.69, 9.17) is 15.4 Å². The van der Waals surface area contributed by atoms with Crippen LogP contribution in [0, 0.1) is 0 Å². The summed E-state index contributed by atoms with van der Waals surface area (Å²) in [6.45, 7) is 0.270. The first-order chi connectivity index (χ1) is 10.5. The highest BCUT2D eigenvalue weighted by molar-refractivity contribution is 5.69. The molecule has 0 spiro atoms. The number of azide groups is 1. The van der Waals surface area contributed by atoms with Crippen LogP contribution in [0.3, 0.4) is 0 Å². The van der Waals surface area contributed by atoms with Gasteiger partial charge in [0.2, 0.25) is 0 Å². The van der Waals surface area contributed by atoms with E-state index in [1.807, 2.05) is 30.3 Å². The van der Waals surface area contributed by atoms with Gasteiger partial charge in [-0.3, -0.25) is 9.69 Å². The maximum Gasteiger partial charge on any atom is 0.317 e. The second-order valence-corrected chi connectivity index (χ2v) is 4.93. The Kier molecular flexibility index (Phi) is 7.95. The lowest BCUT2D eigenvalue weighted by molar-refractivity contribution is -0.138. The number of aliphatic hydroxyl groups is 1. The van der Waals surface area contributed by atoms with E-state index in [1.165, 1.54) is 4.90 Å². The maximum absolute atomic E-state index is 10.6. The van der Waals surface area contributed by atoms with Crippen LogP contribution >= 0.6 is 0 Å². The zero-order valence-electron chi connectivity index (χ0n) is 12.4. The number of rotatable bonds is 10. The number of hydrogen-bond donors (Lipinski definition) is 2. The fourth-order valence-electron chi connectivity index (χ4n) is 1.90. The van der Waals surface area contributed by atoms with Crippen molar-refractivity contribution in [2.45, 2.75) is 18.8 Å². The number of hydrogen-bond acceptors (Lipinski definition) is 5. The van der Waals surface area contributed by atoms with Gasteiger partial charge in [-0.05, 0) is 18.1 Å². The van der Waals surface area contributed by atoms with Crippen molar-refractivity contribution in [1.29, 1.82) is 0 Å². The fourth-order valence-corrected chi connectivity index (χ4v) is 1.90. The molecule has 8 nitrogen and oxygen atoms in total. The molecule has 1 rings (SSSR count). The first-order valence-corrected chi connectivity index (χ1v) is 6.77. The van der Waals surface area contributed by atoms with Crippen LogP contribution in [0.5, 0.6) is 0 Å². The lowest BCUT2D eigenvalue weighted by atomic mass is 10.1. The highest BCUT2D eigenvalue weighted by atomic mass is 16.5. The summed E-state index contributed by atoms with van der Waals surface area (Å²) < 4.78 is 5.46. The van der Waals surface area contributed by atoms with E-state index in [9.17, 15) is 9.90 Å². The van der Waals surface area contributed by atoms with E-state index in [0.717, 1.165) is 5.56 Å². The number of carboxylic acid groups (broad SMARTS) is 1. The number of benzene rings is 1. The Labute approximate surface area is 128 Å². The Morgan fingerprint density at radius 1 is 1.45 bits per heavy atom. The summed E-state index contributed by atoms with van der Waals surface area (Å²) in [6.07, 6.45) is -1.00. The van der Waals surface area contributed by atoms with Crippen molar-refractivity contribution in [1.82, 2.24) is 4.90 Å². The SMILES string of the molecule is CN(CC(=O)O)C[C@H](O)[C@@H](COCc1ccccc1)N=[N+]=[N-]. The Balaban J connectivity index is 2.46. The predicted octanol–water partition coefficient (Wildman–Crippen LogP) is 1.26. The number of aliphatic carboxylic acids is 1. The van der Waals surface area contributed by atoms with Crippen molar-refractivity contribution in [2.75, 3.05) is 26.7 Å². The van der Waals surface area contributed by atoms with Gasteiger partial charge in [0.25, 0.3) is 0 Å². The summed E-state index contributed by atoms with van der Waals surface area (Å²) >= 11 is 0. The molecule has 0 saturated heterocycles. The van der Waals surface area contributed by atoms with Gasteiger partial charge in [0.15, 0.2) is 0 Å². The largest absolute Gasteiger partial charge is 0.480 e. The summed E-state index contributed by atoms with van der Waals surface area (Å²) in [5.74, 6) is -0.990. The van der Waals surface area contributed by atoms with Crippen molar-refractivity contribution in [3.05, 3.63) is 46.3 Å². The van der Waals surface area contributed by atoms with Gasteiger partial charge in [0, 0.05) is 11.5 Å². The van der Waals surface area contributed by atoms with Crippen molar-refractivity contribution in [3.63, 3.8) is 0 Å². The highest BCUT2D eigenvalue weighted by Gasteiger charge is 2.20. The average Bonchev–Trinajstić information content (AvgIpc) is 2.46. The lowest BCUT2D eigenvalue weighted by Gasteiger charge is -2.23. The molecule has 0 unspecified atom stereocenters. The quantitative estimate of drug-likeness (QED) is 0.383. The van der Waals surface area contributed by atoms with Gasteiger partial charge in [-0.1, -0.05) is 35.4 Å². The first-order valence-electron chi connectivity index (χ1n) is 6.77. The second-order valence-electron chi connectivity index (χ2n) is 4.93. The van der Waals surface area contributed by atoms with E-state index in [1.54, 1.807) is 7.05 Å². The van der Waals surface area contributed by atoms with Crippen LogP contribution in [-0.4, -0.2) is 60.0 Å². The molecule has 2 atom stereocenters. The van der Waals surface area contributed by atoms with Crippen LogP contribution in [-0.2, 0) is 16.1 Å². The minimum Gasteiger partial charge on any atom is -0.480 e. The number of likely N-dealkylation sites (N-methyl/N-ethyl adjacent to an activating group) is 1. The normalized spacial score (nSPS) is 13.4. The van der Waals surface area contributed by atoms with E-state index in [-0.39, 0.29) is 19.7 Å². The van der Waals surface area contributed by atoms with E-state index in [2.05, 4.69) is 10.0 Å². The summed E-state index contributed by atoms with van der Waals surface area (Å²) in [7, 11) is 1.56. The molecule has 0 bridgehead atoms. The highest BCUT2D eigenvalue weighted by Crippen LogP contribution is 2.06. The van der Waals surface area contributed by atoms with Crippen LogP contribution in [0.15, 0.2) is 35.4 Å². The molecular weight excluding hydrogens is 288 g/mol. The molecule has 0 aliphatic carbocycles. The zero-order valence-corrected chi connectivity index (χ0v) is 12.4. The Hall–Kier alpha value is -2.12. The zero-order chi connectivity index (χ0) is 16.4. The molecule has 8 heteroatoms. The van der Waals surface area contributed by atoms with Gasteiger partial charge >= 0.3 is 5.97 Å². The number of aliphatic hydroxyl groups excluding tert-OH is 1. The van der Waals surface area contributed by atoms with Crippen molar-refractivity contribution in [2.24, 2.45) is 5.11 Å². The lowest BCUT2D eigenvalue weighted by Crippen LogP contribution is -2.40. The van der Waals surface area contributed by atoms with Crippen molar-refractivity contribution in [3.8, 4) is 0 Å². The van der Waals surface area contributed by atoms with E-state index in [0.29, 0.717) is 6.61 Å². The Morgan fingerprint density at radius 3 is 2.73 bits per heavy atom. The van der Waals surface area contributed by atoms with Crippen LogP contribution in [0.2, 0.25) is 0 Å². The van der Waals surface area contributed by atoms with Crippen LogP contribution < -0.4 is 0 Å². The van der Waals surface area contributed by atoms with Crippen molar-refractivity contribution >= 4 is 5.97 Å². The van der Waals surface area contributed by atoms with Crippen LogP contribution in [0.4, 0.5) is 0 Å². The smallest absolute Gasteiger partial charge is 0.317 e. The molecule has 1 aromatic carbocycles. The molecule has 0 aromatic heterocycles. The second kappa shape index (κ2) is 9.75. The molecule has 0 fully saturated rings. The average molecular weight is 308 g/mol. The molecule has 120 valence electrons. The molecular formula is C14H20N4O4. The van der Waals surface area contributed by atoms with Crippen LogP contribution in [0.25, 0.3) is 10.4 Å². The van der Waals surface area contributed by atoms with Gasteiger partial charge in [0.05, 0.1) is 31.9 Å². The number of nitrogens with zero attached hydrogens (tertiary/aromatic N) is 4. The fraction of sp³-hybridized carbons (Fsp3) is 0.500. The van der Waals surface area contributed by atoms with E-state index < -0.39 is 18.1 Å². The molecule has 22 heavy (non-hydrogen) atoms. The van der Waals surface area contributed by atoms with Gasteiger partial charge in [-0.15, -0.1) is 0 Å². The number of carbonyl (C=O) groups is 1. The topological polar surface area (TPSA) is 119 Å². The summed E-state index contributed by atoms with van der Waals surface area (Å²) in [6, 6.07) is 8.71. The Bertz CT molecular complexity index is 505. The molecule has 0 aliphatic rings. The molecule has 0 radical (unpaired) electrons. The number of ether oxygens (including phenoxy) is 1. The van der Waals surface area contributed by atoms with Gasteiger partial charge in [-0.2, -0.15) is 0 Å². The molecule has 0 heterocycles. The first kappa shape index (κ1) is 17.9. The third-order valence-corrected chi connectivity index (χ3v) is 2.95. The monoisotopic (exact) mass is 308 g/mol. The summed E-state index contributed by atoms with van der Waals surface area (Å²) in [5.41, 5.74) is 9.54. The van der Waals surface area contributed by atoms with Crippen molar-refractivity contribution < 1.29 is 19.7 Å². The van der Waals surface area contributed by atoms with Crippen LogP contribution in [0.1, 0.15) is 5.56 Å². The molecule has 0 amide bonds. The molecule has 2 N–H and O–H groups in total. The minimum atomic E-state index is -1.00. The standard InChI is InChI=1S/C14H20N4O4/c1-18(8-14(20)21)7-13(19)12(16-17-15)10-22-9-11-5-3-2-4-6-11/h2-6,12-13,19H,7-10H2,1H3,(H,20,21)/t12-,13+/m1/s1. The molecule has 0 aliphatic heterocycles. The van der Waals surface area contributed by atoms with Gasteiger partial charge in [0.1, 0.15) is 0 Å². The Morgan fingerprint density at radius 2 is 2.14 bits per heavy atom. The number of carboxylic acids is 1. The maximum atomic E-state index is 10.6. The third kappa shape index (κ3) is 7.05. The summed E-state index contributed by atoms with van der Waals surface area (Å²) in [5, 5.41) is 22.2.